The van der Waals surface area contributed by atoms with Crippen LogP contribution in [0.25, 0.3) is 0 Å². The van der Waals surface area contributed by atoms with Gasteiger partial charge >= 0.3 is 0 Å². The summed E-state index contributed by atoms with van der Waals surface area (Å²) in [7, 11) is 0. The van der Waals surface area contributed by atoms with Crippen LogP contribution in [0, 0.1) is 0 Å². The Balaban J connectivity index is 1.87. The van der Waals surface area contributed by atoms with E-state index >= 15 is 0 Å². The van der Waals surface area contributed by atoms with Crippen molar-refractivity contribution in [3.05, 3.63) is 28.2 Å². The van der Waals surface area contributed by atoms with Crippen LogP contribution in [0.1, 0.15) is 38.4 Å². The summed E-state index contributed by atoms with van der Waals surface area (Å²) >= 11 is 3.45. The Kier molecular flexibility index (Phi) is 3.36. The maximum atomic E-state index is 10.4. The summed E-state index contributed by atoms with van der Waals surface area (Å²) in [6.45, 7) is 6.39. The van der Waals surface area contributed by atoms with E-state index in [1.54, 1.807) is 0 Å². The minimum absolute atomic E-state index is 0.204. The molecular formula is C15H20BrNO2. The molecule has 2 atom stereocenters. The van der Waals surface area contributed by atoms with Crippen molar-refractivity contribution in [1.82, 2.24) is 4.90 Å². The Bertz CT molecular complexity index is 491. The first-order valence-corrected chi connectivity index (χ1v) is 7.69. The highest BCUT2D eigenvalue weighted by Gasteiger charge is 2.46. The van der Waals surface area contributed by atoms with E-state index in [1.807, 2.05) is 18.2 Å². The number of ether oxygens (including phenoxy) is 1. The molecule has 0 aliphatic carbocycles. The number of likely N-dealkylation sites (tertiary alicyclic amines) is 1. The minimum Gasteiger partial charge on any atom is -0.485 e. The molecule has 2 aliphatic rings. The normalized spacial score (nSPS) is 30.7. The van der Waals surface area contributed by atoms with Crippen LogP contribution >= 0.6 is 15.9 Å². The van der Waals surface area contributed by atoms with Gasteiger partial charge in [-0.05, 0) is 32.0 Å². The fourth-order valence-electron chi connectivity index (χ4n) is 3.18. The molecule has 0 bridgehead atoms. The molecule has 1 unspecified atom stereocenters. The van der Waals surface area contributed by atoms with Crippen molar-refractivity contribution in [1.29, 1.82) is 0 Å². The van der Waals surface area contributed by atoms with Gasteiger partial charge in [0.05, 0.1) is 6.10 Å². The van der Waals surface area contributed by atoms with Gasteiger partial charge in [0, 0.05) is 42.0 Å². The van der Waals surface area contributed by atoms with Gasteiger partial charge in [0.25, 0.3) is 0 Å². The molecule has 104 valence electrons. The molecule has 3 nitrogen and oxygen atoms in total. The number of nitrogens with zero attached hydrogens (tertiary/aromatic N) is 1. The molecule has 4 heteroatoms. The van der Waals surface area contributed by atoms with Crippen LogP contribution in [0.2, 0.25) is 0 Å². The predicted molar refractivity (Wildman–Crippen MR) is 78.4 cm³/mol. The molecule has 2 heterocycles. The van der Waals surface area contributed by atoms with Gasteiger partial charge in [0.15, 0.2) is 0 Å². The Hall–Kier alpha value is -0.580. The predicted octanol–water partition coefficient (Wildman–Crippen LogP) is 3.12. The Morgan fingerprint density at radius 2 is 2.26 bits per heavy atom. The summed E-state index contributed by atoms with van der Waals surface area (Å²) < 4.78 is 7.25. The molecule has 1 spiro atoms. The lowest BCUT2D eigenvalue weighted by Crippen LogP contribution is -2.44. The first-order chi connectivity index (χ1) is 8.99. The van der Waals surface area contributed by atoms with E-state index in [4.69, 9.17) is 4.74 Å². The third kappa shape index (κ3) is 2.41. The van der Waals surface area contributed by atoms with E-state index in [-0.39, 0.29) is 5.60 Å². The fourth-order valence-corrected chi connectivity index (χ4v) is 3.56. The molecule has 1 aromatic rings. The van der Waals surface area contributed by atoms with Crippen LogP contribution in [0.5, 0.6) is 5.75 Å². The van der Waals surface area contributed by atoms with Gasteiger partial charge in [-0.15, -0.1) is 0 Å². The first-order valence-electron chi connectivity index (χ1n) is 6.90. The van der Waals surface area contributed by atoms with Gasteiger partial charge < -0.3 is 9.84 Å². The van der Waals surface area contributed by atoms with Gasteiger partial charge in [-0.2, -0.15) is 0 Å². The summed E-state index contributed by atoms with van der Waals surface area (Å²) in [5.41, 5.74) is 0.702. The SMILES string of the molecule is CC(C)N1CCC2(C[C@@H](O)c3cc(Br)ccc3O2)C1. The number of hydrogen-bond donors (Lipinski definition) is 1. The molecular weight excluding hydrogens is 306 g/mol. The average Bonchev–Trinajstić information content (AvgIpc) is 2.74. The number of halogens is 1. The lowest BCUT2D eigenvalue weighted by Gasteiger charge is -2.38. The quantitative estimate of drug-likeness (QED) is 0.861. The number of rotatable bonds is 1. The van der Waals surface area contributed by atoms with Crippen LogP contribution in [0.3, 0.4) is 0 Å². The highest BCUT2D eigenvalue weighted by Crippen LogP contribution is 2.44. The molecule has 0 saturated carbocycles. The molecule has 1 fully saturated rings. The number of aliphatic hydroxyl groups is 1. The monoisotopic (exact) mass is 325 g/mol. The van der Waals surface area contributed by atoms with Gasteiger partial charge in [0.1, 0.15) is 11.4 Å². The zero-order valence-corrected chi connectivity index (χ0v) is 13.0. The molecule has 0 amide bonds. The molecule has 2 aliphatic heterocycles. The Morgan fingerprint density at radius 3 is 2.95 bits per heavy atom. The van der Waals surface area contributed by atoms with Crippen LogP contribution < -0.4 is 4.74 Å². The highest BCUT2D eigenvalue weighted by atomic mass is 79.9. The smallest absolute Gasteiger partial charge is 0.126 e. The molecule has 3 rings (SSSR count). The van der Waals surface area contributed by atoms with E-state index in [0.717, 1.165) is 35.3 Å². The van der Waals surface area contributed by atoms with Gasteiger partial charge in [-0.1, -0.05) is 15.9 Å². The summed E-state index contributed by atoms with van der Waals surface area (Å²) in [5, 5.41) is 10.4. The molecule has 1 N–H and O–H groups in total. The average molecular weight is 326 g/mol. The van der Waals surface area contributed by atoms with E-state index in [0.29, 0.717) is 12.5 Å². The van der Waals surface area contributed by atoms with Crippen molar-refractivity contribution >= 4 is 15.9 Å². The second-order valence-electron chi connectivity index (χ2n) is 6.00. The number of aliphatic hydroxyl groups excluding tert-OH is 1. The third-order valence-electron chi connectivity index (χ3n) is 4.30. The maximum absolute atomic E-state index is 10.4. The number of fused-ring (bicyclic) bond motifs is 1. The summed E-state index contributed by atoms with van der Waals surface area (Å²) in [6, 6.07) is 6.43. The molecule has 0 aromatic heterocycles. The summed E-state index contributed by atoms with van der Waals surface area (Å²) in [5.74, 6) is 0.840. The van der Waals surface area contributed by atoms with Crippen molar-refractivity contribution in [2.45, 2.75) is 44.4 Å². The van der Waals surface area contributed by atoms with Gasteiger partial charge in [-0.25, -0.2) is 0 Å². The molecule has 1 aromatic carbocycles. The van der Waals surface area contributed by atoms with E-state index in [2.05, 4.69) is 34.7 Å². The molecule has 0 radical (unpaired) electrons. The lowest BCUT2D eigenvalue weighted by molar-refractivity contribution is -0.00892. The second kappa shape index (κ2) is 4.76. The van der Waals surface area contributed by atoms with E-state index in [9.17, 15) is 5.11 Å². The van der Waals surface area contributed by atoms with Crippen LogP contribution in [-0.2, 0) is 0 Å². The Morgan fingerprint density at radius 1 is 1.47 bits per heavy atom. The number of hydrogen-bond acceptors (Lipinski definition) is 3. The second-order valence-corrected chi connectivity index (χ2v) is 6.92. The topological polar surface area (TPSA) is 32.7 Å². The van der Waals surface area contributed by atoms with Crippen molar-refractivity contribution < 1.29 is 9.84 Å². The maximum Gasteiger partial charge on any atom is 0.126 e. The zero-order valence-electron chi connectivity index (χ0n) is 11.4. The Labute approximate surface area is 122 Å². The van der Waals surface area contributed by atoms with Crippen LogP contribution in [0.15, 0.2) is 22.7 Å². The van der Waals surface area contributed by atoms with Crippen LogP contribution in [0.4, 0.5) is 0 Å². The summed E-state index contributed by atoms with van der Waals surface area (Å²) in [6.07, 6.45) is 1.27. The van der Waals surface area contributed by atoms with Crippen LogP contribution in [-0.4, -0.2) is 34.7 Å². The fraction of sp³-hybridized carbons (Fsp3) is 0.600. The molecule has 1 saturated heterocycles. The van der Waals surface area contributed by atoms with Crippen molar-refractivity contribution in [3.63, 3.8) is 0 Å². The molecule has 19 heavy (non-hydrogen) atoms. The van der Waals surface area contributed by atoms with E-state index < -0.39 is 6.10 Å². The van der Waals surface area contributed by atoms with Crippen molar-refractivity contribution in [3.8, 4) is 5.75 Å². The van der Waals surface area contributed by atoms with Gasteiger partial charge in [-0.3, -0.25) is 4.90 Å². The summed E-state index contributed by atoms with van der Waals surface area (Å²) in [4.78, 5) is 2.43. The van der Waals surface area contributed by atoms with Crippen molar-refractivity contribution in [2.24, 2.45) is 0 Å². The third-order valence-corrected chi connectivity index (χ3v) is 4.79. The lowest BCUT2D eigenvalue weighted by atomic mass is 9.88. The van der Waals surface area contributed by atoms with E-state index in [1.165, 1.54) is 0 Å². The first kappa shape index (κ1) is 13.4. The minimum atomic E-state index is -0.423. The van der Waals surface area contributed by atoms with Gasteiger partial charge in [0.2, 0.25) is 0 Å². The standard InChI is InChI=1S/C15H20BrNO2/c1-10(2)17-6-5-15(9-17)8-13(18)12-7-11(16)3-4-14(12)19-15/h3-4,7,10,13,18H,5-6,8-9H2,1-2H3/t13-,15?/m1/s1. The highest BCUT2D eigenvalue weighted by molar-refractivity contribution is 9.10. The van der Waals surface area contributed by atoms with Crippen molar-refractivity contribution in [2.75, 3.05) is 13.1 Å². The number of benzene rings is 1. The largest absolute Gasteiger partial charge is 0.485 e. The zero-order chi connectivity index (χ0) is 13.6.